The number of benzene rings is 1. The van der Waals surface area contributed by atoms with E-state index in [1.54, 1.807) is 0 Å². The van der Waals surface area contributed by atoms with Crippen molar-refractivity contribution in [3.8, 4) is 0 Å². The minimum Gasteiger partial charge on any atom is -0.479 e. The lowest BCUT2D eigenvalue weighted by Crippen LogP contribution is -2.59. The van der Waals surface area contributed by atoms with Gasteiger partial charge < -0.3 is 9.53 Å². The Labute approximate surface area is 142 Å². The fourth-order valence-corrected chi connectivity index (χ4v) is 7.16. The molecule has 0 heterocycles. The molecule has 0 radical (unpaired) electrons. The van der Waals surface area contributed by atoms with Crippen molar-refractivity contribution in [1.82, 2.24) is 0 Å². The first-order chi connectivity index (χ1) is 10.5. The van der Waals surface area contributed by atoms with E-state index in [2.05, 4.69) is 25.2 Å². The number of allylic oxidation sites excluding steroid dienone is 1. The summed E-state index contributed by atoms with van der Waals surface area (Å²) in [6.45, 7) is 14.6. The Morgan fingerprint density at radius 2 is 1.70 bits per heavy atom. The van der Waals surface area contributed by atoms with Crippen LogP contribution in [0.1, 0.15) is 13.8 Å². The Balaban J connectivity index is 3.47. The topological polar surface area (TPSA) is 46.5 Å². The molecule has 0 fully saturated rings. The van der Waals surface area contributed by atoms with Crippen molar-refractivity contribution in [1.29, 1.82) is 0 Å². The highest BCUT2D eigenvalue weighted by atomic mass is 28.4. The SMILES string of the molecule is C/C=C/[C@](C)([C@H](O[Si](C)(C)C)C(=O)O)[Si](C)(C)c1ccccc1. The van der Waals surface area contributed by atoms with Gasteiger partial charge in [0.15, 0.2) is 8.32 Å². The molecule has 0 bridgehead atoms. The Morgan fingerprint density at radius 3 is 2.09 bits per heavy atom. The molecule has 0 unspecified atom stereocenters. The zero-order valence-electron chi connectivity index (χ0n) is 15.4. The Hall–Kier alpha value is -1.18. The van der Waals surface area contributed by atoms with Gasteiger partial charge in [0.2, 0.25) is 0 Å². The normalized spacial score (nSPS) is 17.0. The van der Waals surface area contributed by atoms with Crippen molar-refractivity contribution < 1.29 is 14.3 Å². The minimum atomic E-state index is -2.15. The maximum Gasteiger partial charge on any atom is 0.332 e. The maximum absolute atomic E-state index is 12.1. The van der Waals surface area contributed by atoms with Gasteiger partial charge in [-0.1, -0.05) is 67.7 Å². The smallest absolute Gasteiger partial charge is 0.332 e. The van der Waals surface area contributed by atoms with E-state index in [4.69, 9.17) is 4.43 Å². The largest absolute Gasteiger partial charge is 0.479 e. The van der Waals surface area contributed by atoms with Crippen molar-refractivity contribution in [2.45, 2.75) is 57.7 Å². The predicted octanol–water partition coefficient (Wildman–Crippen LogP) is 4.24. The highest BCUT2D eigenvalue weighted by molar-refractivity contribution is 6.93. The van der Waals surface area contributed by atoms with Gasteiger partial charge in [0.25, 0.3) is 0 Å². The quantitative estimate of drug-likeness (QED) is 0.591. The molecule has 128 valence electrons. The summed E-state index contributed by atoms with van der Waals surface area (Å²) in [5, 5.41) is 10.6. The van der Waals surface area contributed by atoms with Gasteiger partial charge in [0.1, 0.15) is 6.10 Å². The number of carboxylic acids is 1. The summed E-state index contributed by atoms with van der Waals surface area (Å²) in [5.74, 6) is -0.871. The Morgan fingerprint density at radius 1 is 1.17 bits per heavy atom. The van der Waals surface area contributed by atoms with Crippen molar-refractivity contribution in [2.75, 3.05) is 0 Å². The van der Waals surface area contributed by atoms with E-state index in [1.807, 2.05) is 63.8 Å². The molecule has 0 amide bonds. The van der Waals surface area contributed by atoms with Gasteiger partial charge in [-0.2, -0.15) is 0 Å². The van der Waals surface area contributed by atoms with E-state index in [0.717, 1.165) is 0 Å². The zero-order valence-corrected chi connectivity index (χ0v) is 17.4. The lowest BCUT2D eigenvalue weighted by Gasteiger charge is -2.46. The van der Waals surface area contributed by atoms with Crippen LogP contribution in [0.2, 0.25) is 37.8 Å². The molecule has 0 aliphatic rings. The lowest BCUT2D eigenvalue weighted by atomic mass is 10.0. The molecule has 23 heavy (non-hydrogen) atoms. The summed E-state index contributed by atoms with van der Waals surface area (Å²) in [4.78, 5) is 12.1. The van der Waals surface area contributed by atoms with Gasteiger partial charge in [0, 0.05) is 5.04 Å². The summed E-state index contributed by atoms with van der Waals surface area (Å²) in [6.07, 6.45) is 3.18. The second-order valence-corrected chi connectivity index (χ2v) is 17.1. The van der Waals surface area contributed by atoms with E-state index in [9.17, 15) is 9.90 Å². The number of carbonyl (C=O) groups is 1. The van der Waals surface area contributed by atoms with Crippen LogP contribution in [-0.2, 0) is 9.22 Å². The van der Waals surface area contributed by atoms with Crippen LogP contribution in [0, 0.1) is 0 Å². The van der Waals surface area contributed by atoms with Crippen LogP contribution in [0.25, 0.3) is 0 Å². The van der Waals surface area contributed by atoms with Crippen molar-refractivity contribution >= 4 is 27.5 Å². The maximum atomic E-state index is 12.1. The van der Waals surface area contributed by atoms with Crippen molar-refractivity contribution in [2.24, 2.45) is 0 Å². The lowest BCUT2D eigenvalue weighted by molar-refractivity contribution is -0.146. The van der Waals surface area contributed by atoms with E-state index < -0.39 is 33.5 Å². The van der Waals surface area contributed by atoms with Gasteiger partial charge in [-0.05, 0) is 26.6 Å². The third kappa shape index (κ3) is 4.43. The van der Waals surface area contributed by atoms with E-state index in [0.29, 0.717) is 0 Å². The minimum absolute atomic E-state index is 0.533. The highest BCUT2D eigenvalue weighted by Crippen LogP contribution is 2.45. The van der Waals surface area contributed by atoms with Crippen molar-refractivity contribution in [3.05, 3.63) is 42.5 Å². The monoisotopic (exact) mass is 350 g/mol. The van der Waals surface area contributed by atoms with E-state index in [-0.39, 0.29) is 0 Å². The van der Waals surface area contributed by atoms with E-state index >= 15 is 0 Å². The van der Waals surface area contributed by atoms with Crippen LogP contribution in [-0.4, -0.2) is 33.6 Å². The number of rotatable bonds is 7. The molecule has 0 aromatic heterocycles. The standard InChI is InChI=1S/C18H30O3Si2/c1-8-14-18(2,16(17(19)20)21-22(3,4)5)23(6,7)15-12-10-9-11-13-15/h8-14,16H,1-7H3,(H,19,20)/b14-8+/t16-,18-/m1/s1. The summed E-state index contributed by atoms with van der Waals surface area (Å²) >= 11 is 0. The molecule has 3 nitrogen and oxygen atoms in total. The van der Waals surface area contributed by atoms with Gasteiger partial charge in [0.05, 0.1) is 8.07 Å². The number of carboxylic acid groups (broad SMARTS) is 1. The van der Waals surface area contributed by atoms with Gasteiger partial charge >= 0.3 is 5.97 Å². The molecule has 0 aliphatic carbocycles. The summed E-state index contributed by atoms with van der Waals surface area (Å²) in [7, 11) is -4.14. The molecule has 0 saturated carbocycles. The number of aliphatic carboxylic acids is 1. The van der Waals surface area contributed by atoms with Crippen LogP contribution in [0.15, 0.2) is 42.5 Å². The predicted molar refractivity (Wildman–Crippen MR) is 103 cm³/mol. The molecule has 1 aromatic rings. The van der Waals surface area contributed by atoms with Crippen LogP contribution < -0.4 is 5.19 Å². The van der Waals surface area contributed by atoms with Gasteiger partial charge in [-0.25, -0.2) is 4.79 Å². The molecule has 0 aliphatic heterocycles. The van der Waals surface area contributed by atoms with Gasteiger partial charge in [-0.3, -0.25) is 0 Å². The summed E-state index contributed by atoms with van der Waals surface area (Å²) in [5.41, 5.74) is 0. The third-order valence-corrected chi connectivity index (χ3v) is 10.4. The van der Waals surface area contributed by atoms with Crippen LogP contribution in [0.3, 0.4) is 0 Å². The average molecular weight is 351 g/mol. The summed E-state index contributed by atoms with van der Waals surface area (Å²) in [6, 6.07) is 10.3. The molecule has 1 N–H and O–H groups in total. The Bertz CT molecular complexity index is 561. The fourth-order valence-electron chi connectivity index (χ4n) is 2.92. The molecule has 0 spiro atoms. The number of hydrogen-bond acceptors (Lipinski definition) is 2. The number of hydrogen-bond donors (Lipinski definition) is 1. The average Bonchev–Trinajstić information content (AvgIpc) is 2.44. The molecule has 1 rings (SSSR count). The molecular formula is C18H30O3Si2. The van der Waals surface area contributed by atoms with Crippen LogP contribution in [0.5, 0.6) is 0 Å². The van der Waals surface area contributed by atoms with Crippen LogP contribution >= 0.6 is 0 Å². The summed E-state index contributed by atoms with van der Waals surface area (Å²) < 4.78 is 6.15. The van der Waals surface area contributed by atoms with Crippen molar-refractivity contribution in [3.63, 3.8) is 0 Å². The third-order valence-electron chi connectivity index (χ3n) is 4.60. The molecule has 2 atom stereocenters. The first kappa shape index (κ1) is 19.9. The van der Waals surface area contributed by atoms with Gasteiger partial charge in [-0.15, -0.1) is 0 Å². The second kappa shape index (κ2) is 7.15. The first-order valence-corrected chi connectivity index (χ1v) is 14.5. The zero-order chi connectivity index (χ0) is 17.9. The molecular weight excluding hydrogens is 320 g/mol. The molecule has 1 aromatic carbocycles. The van der Waals surface area contributed by atoms with E-state index in [1.165, 1.54) is 5.19 Å². The molecule has 5 heteroatoms. The van der Waals surface area contributed by atoms with Crippen LogP contribution in [0.4, 0.5) is 0 Å². The second-order valence-electron chi connectivity index (χ2n) is 7.72. The first-order valence-electron chi connectivity index (χ1n) is 8.05. The fraction of sp³-hybridized carbons (Fsp3) is 0.500. The highest BCUT2D eigenvalue weighted by Gasteiger charge is 2.52. The Kier molecular flexibility index (Phi) is 6.18. The molecule has 0 saturated heterocycles.